The lowest BCUT2D eigenvalue weighted by molar-refractivity contribution is -0.138. The Morgan fingerprint density at radius 2 is 1.84 bits per heavy atom. The van der Waals surface area contributed by atoms with Gasteiger partial charge in [0, 0.05) is 6.42 Å². The Bertz CT molecular complexity index is 460. The lowest BCUT2D eigenvalue weighted by atomic mass is 10.1. The van der Waals surface area contributed by atoms with Gasteiger partial charge in [0.15, 0.2) is 0 Å². The first-order valence-electron chi connectivity index (χ1n) is 6.09. The molecule has 0 spiro atoms. The Morgan fingerprint density at radius 3 is 2.37 bits per heavy atom. The van der Waals surface area contributed by atoms with E-state index in [4.69, 9.17) is 9.47 Å². The lowest BCUT2D eigenvalue weighted by Crippen LogP contribution is -2.13. The molecule has 0 N–H and O–H groups in total. The quantitative estimate of drug-likeness (QED) is 0.559. The van der Waals surface area contributed by atoms with Gasteiger partial charge in [-0.25, -0.2) is 4.79 Å². The molecule has 0 unspecified atom stereocenters. The Labute approximate surface area is 113 Å². The number of carbonyl (C=O) groups excluding carboxylic acids is 2. The normalized spacial score (nSPS) is 9.79. The summed E-state index contributed by atoms with van der Waals surface area (Å²) < 4.78 is 10.2. The number of carbonyl (C=O) groups is 2. The van der Waals surface area contributed by atoms with Crippen molar-refractivity contribution in [3.63, 3.8) is 0 Å². The average Bonchev–Trinajstić information content (AvgIpc) is 2.37. The van der Waals surface area contributed by atoms with E-state index in [1.807, 2.05) is 12.1 Å². The first kappa shape index (κ1) is 15.0. The third kappa shape index (κ3) is 5.38. The van der Waals surface area contributed by atoms with E-state index >= 15 is 0 Å². The van der Waals surface area contributed by atoms with Crippen LogP contribution < -0.4 is 4.74 Å². The Hall–Kier alpha value is -2.10. The predicted octanol–water partition coefficient (Wildman–Crippen LogP) is 2.32. The van der Waals surface area contributed by atoms with Crippen LogP contribution in [0.3, 0.4) is 0 Å². The van der Waals surface area contributed by atoms with Crippen LogP contribution in [0, 0.1) is 0 Å². The van der Waals surface area contributed by atoms with Crippen LogP contribution in [0.25, 0.3) is 0 Å². The first-order valence-corrected chi connectivity index (χ1v) is 6.09. The van der Waals surface area contributed by atoms with Gasteiger partial charge in [0.25, 0.3) is 0 Å². The molecule has 0 aromatic heterocycles. The highest BCUT2D eigenvalue weighted by Crippen LogP contribution is 2.13. The van der Waals surface area contributed by atoms with Crippen LogP contribution in [0.4, 0.5) is 0 Å². The third-order valence-electron chi connectivity index (χ3n) is 2.35. The van der Waals surface area contributed by atoms with E-state index in [-0.39, 0.29) is 18.0 Å². The smallest absolute Gasteiger partial charge is 0.336 e. The Morgan fingerprint density at radius 1 is 1.21 bits per heavy atom. The summed E-state index contributed by atoms with van der Waals surface area (Å²) in [5.74, 6) is 0.290. The van der Waals surface area contributed by atoms with Gasteiger partial charge in [-0.15, -0.1) is 0 Å². The van der Waals surface area contributed by atoms with E-state index in [1.165, 1.54) is 0 Å². The van der Waals surface area contributed by atoms with Gasteiger partial charge in [-0.3, -0.25) is 4.79 Å². The summed E-state index contributed by atoms with van der Waals surface area (Å²) in [5, 5.41) is 0. The van der Waals surface area contributed by atoms with Crippen molar-refractivity contribution in [3.05, 3.63) is 42.0 Å². The number of esters is 1. The summed E-state index contributed by atoms with van der Waals surface area (Å²) in [6, 6.07) is 7.17. The summed E-state index contributed by atoms with van der Waals surface area (Å²) >= 11 is 0. The summed E-state index contributed by atoms with van der Waals surface area (Å²) in [6.07, 6.45) is 0.413. The molecule has 0 fully saturated rings. The Kier molecular flexibility index (Phi) is 5.79. The lowest BCUT2D eigenvalue weighted by Gasteiger charge is -2.08. The van der Waals surface area contributed by atoms with Crippen molar-refractivity contribution in [1.29, 1.82) is 0 Å². The fourth-order valence-corrected chi connectivity index (χ4v) is 1.45. The highest BCUT2D eigenvalue weighted by molar-refractivity contribution is 5.88. The largest absolute Gasteiger partial charge is 0.489 e. The molecule has 0 heterocycles. The molecule has 0 aliphatic rings. The molecule has 4 heteroatoms. The topological polar surface area (TPSA) is 52.6 Å². The van der Waals surface area contributed by atoms with Gasteiger partial charge in [-0.2, -0.15) is 0 Å². The molecule has 102 valence electrons. The van der Waals surface area contributed by atoms with Gasteiger partial charge in [-0.1, -0.05) is 18.7 Å². The Balaban J connectivity index is 2.47. The second kappa shape index (κ2) is 7.36. The molecule has 1 aromatic carbocycles. The number of Topliss-reactive ketones (excluding diaryl/α,β-unsaturated/α-hetero) is 1. The molecule has 0 amide bonds. The van der Waals surface area contributed by atoms with Crippen molar-refractivity contribution < 1.29 is 19.1 Å². The maximum Gasteiger partial charge on any atom is 0.336 e. The second-order valence-electron chi connectivity index (χ2n) is 4.14. The minimum absolute atomic E-state index is 0.0882. The molecule has 19 heavy (non-hydrogen) atoms. The maximum atomic E-state index is 11.3. The van der Waals surface area contributed by atoms with Crippen molar-refractivity contribution in [2.45, 2.75) is 20.3 Å². The highest BCUT2D eigenvalue weighted by atomic mass is 16.5. The summed E-state index contributed by atoms with van der Waals surface area (Å²) in [5.41, 5.74) is 1.21. The van der Waals surface area contributed by atoms with E-state index in [0.717, 1.165) is 5.56 Å². The van der Waals surface area contributed by atoms with Gasteiger partial charge in [-0.05, 0) is 31.5 Å². The monoisotopic (exact) mass is 262 g/mol. The van der Waals surface area contributed by atoms with E-state index < -0.39 is 5.97 Å². The number of rotatable bonds is 7. The zero-order valence-electron chi connectivity index (χ0n) is 11.3. The summed E-state index contributed by atoms with van der Waals surface area (Å²) in [4.78, 5) is 22.3. The van der Waals surface area contributed by atoms with Crippen molar-refractivity contribution in [2.75, 3.05) is 13.2 Å². The average molecular weight is 262 g/mol. The van der Waals surface area contributed by atoms with Gasteiger partial charge in [0.05, 0.1) is 12.2 Å². The molecule has 1 rings (SSSR count). The SMILES string of the molecule is C=C(COc1ccc(CC(C)=O)cc1)C(=O)OCC. The van der Waals surface area contributed by atoms with Gasteiger partial charge in [0.1, 0.15) is 18.1 Å². The van der Waals surface area contributed by atoms with Crippen LogP contribution in [-0.2, 0) is 20.7 Å². The van der Waals surface area contributed by atoms with Crippen molar-refractivity contribution in [2.24, 2.45) is 0 Å². The molecule has 4 nitrogen and oxygen atoms in total. The molecule has 0 radical (unpaired) electrons. The van der Waals surface area contributed by atoms with Crippen LogP contribution in [-0.4, -0.2) is 25.0 Å². The minimum Gasteiger partial charge on any atom is -0.489 e. The predicted molar refractivity (Wildman–Crippen MR) is 72.1 cm³/mol. The third-order valence-corrected chi connectivity index (χ3v) is 2.35. The van der Waals surface area contributed by atoms with Gasteiger partial charge < -0.3 is 9.47 Å². The molecule has 0 aliphatic heterocycles. The number of ketones is 1. The second-order valence-corrected chi connectivity index (χ2v) is 4.14. The number of hydrogen-bond donors (Lipinski definition) is 0. The van der Waals surface area contributed by atoms with Crippen LogP contribution >= 0.6 is 0 Å². The zero-order chi connectivity index (χ0) is 14.3. The van der Waals surface area contributed by atoms with E-state index in [0.29, 0.717) is 18.8 Å². The molecular weight excluding hydrogens is 244 g/mol. The van der Waals surface area contributed by atoms with Crippen LogP contribution in [0.5, 0.6) is 5.75 Å². The maximum absolute atomic E-state index is 11.3. The van der Waals surface area contributed by atoms with Crippen LogP contribution in [0.1, 0.15) is 19.4 Å². The van der Waals surface area contributed by atoms with Gasteiger partial charge >= 0.3 is 5.97 Å². The van der Waals surface area contributed by atoms with Crippen LogP contribution in [0.2, 0.25) is 0 Å². The molecule has 0 saturated carbocycles. The number of ether oxygens (including phenoxy) is 2. The summed E-state index contributed by atoms with van der Waals surface area (Å²) in [6.45, 7) is 7.29. The van der Waals surface area contributed by atoms with Crippen molar-refractivity contribution >= 4 is 11.8 Å². The minimum atomic E-state index is -0.448. The standard InChI is InChI=1S/C15H18O4/c1-4-18-15(17)11(2)10-19-14-7-5-13(6-8-14)9-12(3)16/h5-8H,2,4,9-10H2,1,3H3. The van der Waals surface area contributed by atoms with Gasteiger partial charge in [0.2, 0.25) is 0 Å². The van der Waals surface area contributed by atoms with Crippen molar-refractivity contribution in [1.82, 2.24) is 0 Å². The van der Waals surface area contributed by atoms with Crippen LogP contribution in [0.15, 0.2) is 36.4 Å². The summed E-state index contributed by atoms with van der Waals surface area (Å²) in [7, 11) is 0. The molecule has 1 aromatic rings. The molecule has 0 aliphatic carbocycles. The fourth-order valence-electron chi connectivity index (χ4n) is 1.45. The van der Waals surface area contributed by atoms with E-state index in [1.54, 1.807) is 26.0 Å². The van der Waals surface area contributed by atoms with E-state index in [2.05, 4.69) is 6.58 Å². The number of hydrogen-bond acceptors (Lipinski definition) is 4. The molecule has 0 atom stereocenters. The molecule has 0 saturated heterocycles. The first-order chi connectivity index (χ1) is 9.02. The number of benzene rings is 1. The van der Waals surface area contributed by atoms with E-state index in [9.17, 15) is 9.59 Å². The van der Waals surface area contributed by atoms with Crippen molar-refractivity contribution in [3.8, 4) is 5.75 Å². The molecule has 0 bridgehead atoms. The fraction of sp³-hybridized carbons (Fsp3) is 0.333. The highest BCUT2D eigenvalue weighted by Gasteiger charge is 2.08. The molecular formula is C15H18O4. The zero-order valence-corrected chi connectivity index (χ0v) is 11.3.